The molecule has 2 aromatic carbocycles. The van der Waals surface area contributed by atoms with Crippen LogP contribution in [0.4, 0.5) is 10.1 Å². The lowest BCUT2D eigenvalue weighted by atomic mass is 10.1. The number of hydrogen-bond donors (Lipinski definition) is 0. The van der Waals surface area contributed by atoms with E-state index in [4.69, 9.17) is 37.6 Å². The van der Waals surface area contributed by atoms with E-state index in [0.29, 0.717) is 16.4 Å². The Kier molecular flexibility index (Phi) is 7.58. The van der Waals surface area contributed by atoms with Crippen LogP contribution in [0.25, 0.3) is 5.69 Å². The third kappa shape index (κ3) is 6.47. The molecule has 186 valence electrons. The van der Waals surface area contributed by atoms with Crippen LogP contribution >= 0.6 is 23.2 Å². The van der Waals surface area contributed by atoms with Gasteiger partial charge >= 0.3 is 5.97 Å². The molecule has 1 atom stereocenters. The highest BCUT2D eigenvalue weighted by Gasteiger charge is 2.35. The Hall–Kier alpha value is -2.76. The number of anilines is 1. The molecule has 2 heterocycles. The van der Waals surface area contributed by atoms with Gasteiger partial charge in [0, 0.05) is 11.4 Å². The summed E-state index contributed by atoms with van der Waals surface area (Å²) in [5.41, 5.74) is 1.22. The average Bonchev–Trinajstić information content (AvgIpc) is 3.23. The van der Waals surface area contributed by atoms with E-state index in [-0.39, 0.29) is 30.9 Å². The van der Waals surface area contributed by atoms with E-state index < -0.39 is 17.6 Å². The standard InChI is InChI=1S/C23H24Cl2FN5O4/c1-23(2,3)35-22(32)20(10-15-4-7-17(26)8-5-15)31-14-33-30(13-34-31)19-11-16(24)6-9-18(19)29-12-21(25)27-28-29/h4-9,11-12,20H,10,13-14H2,1-3H3. The minimum absolute atomic E-state index is 0.0571. The molecule has 3 aromatic rings. The quantitative estimate of drug-likeness (QED) is 0.434. The summed E-state index contributed by atoms with van der Waals surface area (Å²) in [5, 5.41) is 11.4. The largest absolute Gasteiger partial charge is 0.459 e. The van der Waals surface area contributed by atoms with Crippen LogP contribution in [0.3, 0.4) is 0 Å². The van der Waals surface area contributed by atoms with Crippen molar-refractivity contribution in [1.82, 2.24) is 20.1 Å². The molecule has 1 aliphatic rings. The lowest BCUT2D eigenvalue weighted by Gasteiger charge is -2.38. The van der Waals surface area contributed by atoms with E-state index in [1.807, 2.05) is 0 Å². The number of hydroxylamine groups is 3. The van der Waals surface area contributed by atoms with Crippen molar-refractivity contribution in [2.24, 2.45) is 0 Å². The number of ether oxygens (including phenoxy) is 1. The van der Waals surface area contributed by atoms with E-state index in [0.717, 1.165) is 5.56 Å². The molecule has 0 bridgehead atoms. The number of benzene rings is 2. The van der Waals surface area contributed by atoms with Gasteiger partial charge in [-0.05, 0) is 56.7 Å². The van der Waals surface area contributed by atoms with E-state index in [9.17, 15) is 9.18 Å². The maximum absolute atomic E-state index is 13.4. The highest BCUT2D eigenvalue weighted by molar-refractivity contribution is 6.31. The van der Waals surface area contributed by atoms with E-state index >= 15 is 0 Å². The van der Waals surface area contributed by atoms with Gasteiger partial charge in [0.25, 0.3) is 0 Å². The summed E-state index contributed by atoms with van der Waals surface area (Å²) in [6, 6.07) is 10.2. The molecule has 0 saturated carbocycles. The Morgan fingerprint density at radius 2 is 1.86 bits per heavy atom. The zero-order valence-corrected chi connectivity index (χ0v) is 20.8. The number of carbonyl (C=O) groups excluding carboxylic acids is 1. The van der Waals surface area contributed by atoms with Crippen molar-refractivity contribution >= 4 is 34.9 Å². The predicted molar refractivity (Wildman–Crippen MR) is 127 cm³/mol. The van der Waals surface area contributed by atoms with Gasteiger partial charge in [0.2, 0.25) is 0 Å². The fraction of sp³-hybridized carbons (Fsp3) is 0.348. The van der Waals surface area contributed by atoms with Gasteiger partial charge in [-0.2, -0.15) is 0 Å². The molecule has 35 heavy (non-hydrogen) atoms. The summed E-state index contributed by atoms with van der Waals surface area (Å²) in [4.78, 5) is 24.9. The van der Waals surface area contributed by atoms with E-state index in [1.165, 1.54) is 26.9 Å². The van der Waals surface area contributed by atoms with Gasteiger partial charge in [0.1, 0.15) is 17.5 Å². The third-order valence-electron chi connectivity index (χ3n) is 4.97. The summed E-state index contributed by atoms with van der Waals surface area (Å²) in [6.45, 7) is 5.21. The molecule has 0 N–H and O–H groups in total. The topological polar surface area (TPSA) is 82.0 Å². The van der Waals surface area contributed by atoms with Crippen LogP contribution in [0.1, 0.15) is 26.3 Å². The summed E-state index contributed by atoms with van der Waals surface area (Å²) >= 11 is 12.1. The van der Waals surface area contributed by atoms with Gasteiger partial charge in [-0.1, -0.05) is 40.5 Å². The van der Waals surface area contributed by atoms with Crippen molar-refractivity contribution in [2.45, 2.75) is 38.8 Å². The fourth-order valence-electron chi connectivity index (χ4n) is 3.41. The minimum Gasteiger partial charge on any atom is -0.459 e. The lowest BCUT2D eigenvalue weighted by molar-refractivity contribution is -0.284. The Bertz CT molecular complexity index is 1180. The van der Waals surface area contributed by atoms with Crippen molar-refractivity contribution in [3.63, 3.8) is 0 Å². The zero-order valence-electron chi connectivity index (χ0n) is 19.3. The summed E-state index contributed by atoms with van der Waals surface area (Å²) in [7, 11) is 0. The summed E-state index contributed by atoms with van der Waals surface area (Å²) in [6.07, 6.45) is 1.78. The van der Waals surface area contributed by atoms with E-state index in [1.54, 1.807) is 57.3 Å². The normalized spacial score (nSPS) is 15.8. The van der Waals surface area contributed by atoms with Gasteiger partial charge in [0.15, 0.2) is 18.6 Å². The molecule has 0 spiro atoms. The van der Waals surface area contributed by atoms with Crippen LogP contribution < -0.4 is 5.06 Å². The molecule has 0 amide bonds. The van der Waals surface area contributed by atoms with Crippen molar-refractivity contribution in [3.05, 3.63) is 70.2 Å². The second-order valence-electron chi connectivity index (χ2n) is 8.81. The first-order chi connectivity index (χ1) is 16.6. The van der Waals surface area contributed by atoms with Gasteiger partial charge in [0.05, 0.1) is 17.6 Å². The van der Waals surface area contributed by atoms with Gasteiger partial charge < -0.3 is 4.74 Å². The summed E-state index contributed by atoms with van der Waals surface area (Å²) in [5.74, 6) is -0.846. The number of halogens is 3. The molecule has 12 heteroatoms. The molecule has 0 aliphatic carbocycles. The van der Waals surface area contributed by atoms with Gasteiger partial charge in [-0.3, -0.25) is 14.5 Å². The zero-order chi connectivity index (χ0) is 25.2. The fourth-order valence-corrected chi connectivity index (χ4v) is 3.71. The molecule has 9 nitrogen and oxygen atoms in total. The summed E-state index contributed by atoms with van der Waals surface area (Å²) < 4.78 is 20.5. The van der Waals surface area contributed by atoms with Crippen LogP contribution in [0.2, 0.25) is 10.2 Å². The lowest BCUT2D eigenvalue weighted by Crippen LogP contribution is -2.52. The first kappa shape index (κ1) is 25.3. The predicted octanol–water partition coefficient (Wildman–Crippen LogP) is 4.57. The second kappa shape index (κ2) is 10.5. The third-order valence-corrected chi connectivity index (χ3v) is 5.38. The van der Waals surface area contributed by atoms with Gasteiger partial charge in [-0.25, -0.2) is 14.1 Å². The molecule has 1 aliphatic heterocycles. The van der Waals surface area contributed by atoms with Crippen molar-refractivity contribution < 1.29 is 23.6 Å². The Balaban J connectivity index is 1.53. The van der Waals surface area contributed by atoms with Crippen molar-refractivity contribution in [3.8, 4) is 5.69 Å². The maximum Gasteiger partial charge on any atom is 0.326 e. The van der Waals surface area contributed by atoms with Crippen LogP contribution in [-0.4, -0.2) is 51.1 Å². The SMILES string of the molecule is CC(C)(C)OC(=O)C(Cc1ccc(F)cc1)N1CON(c2cc(Cl)ccc2-n2cc(Cl)nn2)CO1. The van der Waals surface area contributed by atoms with Crippen molar-refractivity contribution in [1.29, 1.82) is 0 Å². The number of carbonyl (C=O) groups is 1. The van der Waals surface area contributed by atoms with Crippen LogP contribution in [0.15, 0.2) is 48.7 Å². The molecule has 1 aromatic heterocycles. The van der Waals surface area contributed by atoms with Crippen molar-refractivity contribution in [2.75, 3.05) is 18.5 Å². The number of aromatic nitrogens is 3. The van der Waals surface area contributed by atoms with Crippen LogP contribution in [0.5, 0.6) is 0 Å². The maximum atomic E-state index is 13.4. The average molecular weight is 524 g/mol. The molecule has 0 radical (unpaired) electrons. The molecule has 1 unspecified atom stereocenters. The molecule has 1 saturated heterocycles. The number of nitrogens with zero attached hydrogens (tertiary/aromatic N) is 5. The Morgan fingerprint density at radius 1 is 1.11 bits per heavy atom. The molecular formula is C23H24Cl2FN5O4. The number of esters is 1. The van der Waals surface area contributed by atoms with Crippen LogP contribution in [0, 0.1) is 5.82 Å². The first-order valence-electron chi connectivity index (χ1n) is 10.7. The number of hydrogen-bond acceptors (Lipinski definition) is 8. The smallest absolute Gasteiger partial charge is 0.326 e. The van der Waals surface area contributed by atoms with Gasteiger partial charge in [-0.15, -0.1) is 10.2 Å². The van der Waals surface area contributed by atoms with E-state index in [2.05, 4.69) is 10.3 Å². The molecule has 4 rings (SSSR count). The Labute approximate surface area is 211 Å². The second-order valence-corrected chi connectivity index (χ2v) is 9.63. The minimum atomic E-state index is -0.824. The Morgan fingerprint density at radius 3 is 2.46 bits per heavy atom. The molecule has 1 fully saturated rings. The monoisotopic (exact) mass is 523 g/mol. The van der Waals surface area contributed by atoms with Crippen LogP contribution in [-0.2, 0) is 25.6 Å². The highest BCUT2D eigenvalue weighted by atomic mass is 35.5. The highest BCUT2D eigenvalue weighted by Crippen LogP contribution is 2.30. The first-order valence-corrected chi connectivity index (χ1v) is 11.5. The molecular weight excluding hydrogens is 500 g/mol. The number of rotatable bonds is 6.